The van der Waals surface area contributed by atoms with Crippen molar-refractivity contribution in [1.29, 1.82) is 0 Å². The van der Waals surface area contributed by atoms with Gasteiger partial charge in [-0.2, -0.15) is 0 Å². The molecule has 0 unspecified atom stereocenters. The highest BCUT2D eigenvalue weighted by Crippen LogP contribution is 2.41. The summed E-state index contributed by atoms with van der Waals surface area (Å²) in [6.07, 6.45) is 4.92. The van der Waals surface area contributed by atoms with Gasteiger partial charge in [-0.25, -0.2) is 0 Å². The van der Waals surface area contributed by atoms with Crippen LogP contribution in [-0.2, 0) is 14.3 Å². The van der Waals surface area contributed by atoms with Crippen LogP contribution < -0.4 is 0 Å². The van der Waals surface area contributed by atoms with Gasteiger partial charge in [-0.05, 0) is 32.8 Å². The summed E-state index contributed by atoms with van der Waals surface area (Å²) in [4.78, 5) is 10.5. The normalized spacial score (nSPS) is 23.9. The molecule has 0 aromatic heterocycles. The van der Waals surface area contributed by atoms with Gasteiger partial charge in [0, 0.05) is 17.9 Å². The Morgan fingerprint density at radius 3 is 2.78 bits per heavy atom. The molecule has 0 amide bonds. The van der Waals surface area contributed by atoms with E-state index in [4.69, 9.17) is 14.6 Å². The summed E-state index contributed by atoms with van der Waals surface area (Å²) in [5, 5.41) is 18.8. The standard InChI is InChI=1S/C18H24O5/c1-18(2)22-12-13(8-4-3-5-11-16(20)21)17(23-18)14-9-6-7-10-15(14)19/h3-4,6-7,9-10,13,17,19H,5,8,11-12H2,1-2H3,(H,20,21)/b4-3-/t13-,17+/m1/s1. The number of carboxylic acids is 1. The number of ether oxygens (including phenoxy) is 2. The van der Waals surface area contributed by atoms with Crippen molar-refractivity contribution in [2.45, 2.75) is 45.0 Å². The van der Waals surface area contributed by atoms with Gasteiger partial charge >= 0.3 is 5.97 Å². The van der Waals surface area contributed by atoms with Crippen LogP contribution in [0.5, 0.6) is 5.75 Å². The monoisotopic (exact) mass is 320 g/mol. The molecule has 2 rings (SSSR count). The molecule has 1 saturated heterocycles. The number of carbonyl (C=O) groups is 1. The highest BCUT2D eigenvalue weighted by atomic mass is 16.7. The molecular formula is C18H24O5. The van der Waals surface area contributed by atoms with Gasteiger partial charge < -0.3 is 19.7 Å². The zero-order valence-electron chi connectivity index (χ0n) is 13.6. The number of allylic oxidation sites excluding steroid dienone is 2. The SMILES string of the molecule is CC1(C)OC[C@@H](C/C=C\CCC(=O)O)[C@@H](c2ccccc2O)O1. The Labute approximate surface area is 136 Å². The van der Waals surface area contributed by atoms with E-state index in [-0.39, 0.29) is 24.2 Å². The van der Waals surface area contributed by atoms with Crippen molar-refractivity contribution in [2.24, 2.45) is 5.92 Å². The molecule has 23 heavy (non-hydrogen) atoms. The smallest absolute Gasteiger partial charge is 0.303 e. The van der Waals surface area contributed by atoms with Crippen LogP contribution in [0.4, 0.5) is 0 Å². The molecule has 1 aliphatic heterocycles. The van der Waals surface area contributed by atoms with Gasteiger partial charge in [0.15, 0.2) is 5.79 Å². The Hall–Kier alpha value is -1.85. The third kappa shape index (κ3) is 5.08. The minimum Gasteiger partial charge on any atom is -0.508 e. The van der Waals surface area contributed by atoms with Gasteiger partial charge in [0.1, 0.15) is 5.75 Å². The predicted molar refractivity (Wildman–Crippen MR) is 86.1 cm³/mol. The molecule has 5 heteroatoms. The number of aromatic hydroxyl groups is 1. The lowest BCUT2D eigenvalue weighted by molar-refractivity contribution is -0.295. The van der Waals surface area contributed by atoms with Crippen LogP contribution >= 0.6 is 0 Å². The van der Waals surface area contributed by atoms with Crippen molar-refractivity contribution in [2.75, 3.05) is 6.61 Å². The Balaban J connectivity index is 2.07. The van der Waals surface area contributed by atoms with E-state index in [9.17, 15) is 9.90 Å². The van der Waals surface area contributed by atoms with Crippen LogP contribution in [0.3, 0.4) is 0 Å². The molecule has 1 aromatic carbocycles. The van der Waals surface area contributed by atoms with Crippen molar-refractivity contribution in [3.8, 4) is 5.75 Å². The zero-order valence-corrected chi connectivity index (χ0v) is 13.6. The zero-order chi connectivity index (χ0) is 16.9. The molecule has 2 atom stereocenters. The van der Waals surface area contributed by atoms with Gasteiger partial charge in [-0.15, -0.1) is 0 Å². The van der Waals surface area contributed by atoms with Crippen LogP contribution in [0.25, 0.3) is 0 Å². The largest absolute Gasteiger partial charge is 0.508 e. The fraction of sp³-hybridized carbons (Fsp3) is 0.500. The number of hydrogen-bond acceptors (Lipinski definition) is 4. The maximum Gasteiger partial charge on any atom is 0.303 e. The highest BCUT2D eigenvalue weighted by Gasteiger charge is 2.37. The summed E-state index contributed by atoms with van der Waals surface area (Å²) in [6, 6.07) is 7.17. The molecule has 5 nitrogen and oxygen atoms in total. The number of phenols is 1. The molecule has 0 saturated carbocycles. The van der Waals surface area contributed by atoms with Crippen molar-refractivity contribution in [3.63, 3.8) is 0 Å². The highest BCUT2D eigenvalue weighted by molar-refractivity contribution is 5.66. The van der Waals surface area contributed by atoms with E-state index in [1.165, 1.54) is 0 Å². The minimum absolute atomic E-state index is 0.0670. The molecular weight excluding hydrogens is 296 g/mol. The molecule has 0 bridgehead atoms. The quantitative estimate of drug-likeness (QED) is 0.783. The Morgan fingerprint density at radius 1 is 1.35 bits per heavy atom. The number of carboxylic acid groups (broad SMARTS) is 1. The number of hydrogen-bond donors (Lipinski definition) is 2. The molecule has 0 spiro atoms. The molecule has 126 valence electrons. The first-order valence-electron chi connectivity index (χ1n) is 7.85. The molecule has 0 aliphatic carbocycles. The van der Waals surface area contributed by atoms with Crippen LogP contribution in [-0.4, -0.2) is 28.6 Å². The summed E-state index contributed by atoms with van der Waals surface area (Å²) in [5.74, 6) is -1.21. The van der Waals surface area contributed by atoms with Crippen molar-refractivity contribution in [3.05, 3.63) is 42.0 Å². The van der Waals surface area contributed by atoms with Crippen LogP contribution in [0, 0.1) is 5.92 Å². The maximum absolute atomic E-state index is 10.5. The number of benzene rings is 1. The molecule has 1 fully saturated rings. The van der Waals surface area contributed by atoms with Gasteiger partial charge in [0.05, 0.1) is 12.7 Å². The van der Waals surface area contributed by atoms with Crippen molar-refractivity contribution in [1.82, 2.24) is 0 Å². The first kappa shape index (κ1) is 17.5. The van der Waals surface area contributed by atoms with E-state index in [1.54, 1.807) is 12.1 Å². The van der Waals surface area contributed by atoms with Gasteiger partial charge in [-0.3, -0.25) is 4.79 Å². The second-order valence-electron chi connectivity index (χ2n) is 6.21. The number of rotatable bonds is 6. The number of phenolic OH excluding ortho intramolecular Hbond substituents is 1. The third-order valence-electron chi connectivity index (χ3n) is 3.86. The molecule has 0 radical (unpaired) electrons. The van der Waals surface area contributed by atoms with Crippen molar-refractivity contribution < 1.29 is 24.5 Å². The van der Waals surface area contributed by atoms with E-state index >= 15 is 0 Å². The molecule has 2 N–H and O–H groups in total. The van der Waals surface area contributed by atoms with E-state index in [0.29, 0.717) is 19.4 Å². The fourth-order valence-electron chi connectivity index (χ4n) is 2.66. The van der Waals surface area contributed by atoms with E-state index in [0.717, 1.165) is 5.56 Å². The predicted octanol–water partition coefficient (Wildman–Crippen LogP) is 3.64. The van der Waals surface area contributed by atoms with Crippen LogP contribution in [0.2, 0.25) is 0 Å². The Kier molecular flexibility index (Phi) is 5.80. The lowest BCUT2D eigenvalue weighted by Crippen LogP contribution is -2.41. The summed E-state index contributed by atoms with van der Waals surface area (Å²) < 4.78 is 11.8. The fourth-order valence-corrected chi connectivity index (χ4v) is 2.66. The number of aliphatic carboxylic acids is 1. The summed E-state index contributed by atoms with van der Waals surface area (Å²) >= 11 is 0. The Morgan fingerprint density at radius 2 is 2.09 bits per heavy atom. The van der Waals surface area contributed by atoms with Gasteiger partial charge in [0.2, 0.25) is 0 Å². The lowest BCUT2D eigenvalue weighted by Gasteiger charge is -2.41. The van der Waals surface area contributed by atoms with E-state index in [2.05, 4.69) is 0 Å². The van der Waals surface area contributed by atoms with E-state index < -0.39 is 11.8 Å². The summed E-state index contributed by atoms with van der Waals surface area (Å²) in [5.41, 5.74) is 0.757. The summed E-state index contributed by atoms with van der Waals surface area (Å²) in [6.45, 7) is 4.24. The van der Waals surface area contributed by atoms with Crippen LogP contribution in [0.1, 0.15) is 44.8 Å². The van der Waals surface area contributed by atoms with Gasteiger partial charge in [-0.1, -0.05) is 30.4 Å². The molecule has 1 heterocycles. The molecule has 1 aromatic rings. The van der Waals surface area contributed by atoms with Crippen LogP contribution in [0.15, 0.2) is 36.4 Å². The Bertz CT molecular complexity index is 564. The molecule has 1 aliphatic rings. The first-order valence-corrected chi connectivity index (χ1v) is 7.85. The maximum atomic E-state index is 10.5. The average molecular weight is 320 g/mol. The first-order chi connectivity index (χ1) is 10.9. The minimum atomic E-state index is -0.798. The van der Waals surface area contributed by atoms with E-state index in [1.807, 2.05) is 38.1 Å². The lowest BCUT2D eigenvalue weighted by atomic mass is 9.91. The topological polar surface area (TPSA) is 76.0 Å². The van der Waals surface area contributed by atoms with Gasteiger partial charge in [0.25, 0.3) is 0 Å². The third-order valence-corrected chi connectivity index (χ3v) is 3.86. The van der Waals surface area contributed by atoms with Crippen molar-refractivity contribution >= 4 is 5.97 Å². The second-order valence-corrected chi connectivity index (χ2v) is 6.21. The average Bonchev–Trinajstić information content (AvgIpc) is 2.48. The number of para-hydroxylation sites is 1. The second kappa shape index (κ2) is 7.62. The summed E-state index contributed by atoms with van der Waals surface area (Å²) in [7, 11) is 0.